The van der Waals surface area contributed by atoms with E-state index >= 15 is 0 Å². The summed E-state index contributed by atoms with van der Waals surface area (Å²) in [7, 11) is 1.80. The molecule has 0 radical (unpaired) electrons. The highest BCUT2D eigenvalue weighted by atomic mass is 19.1. The number of nitrogen functional groups attached to an aromatic ring is 1. The van der Waals surface area contributed by atoms with Crippen molar-refractivity contribution in [1.29, 1.82) is 5.26 Å². The number of carbonyl (C=O) groups is 1. The molecule has 0 saturated heterocycles. The van der Waals surface area contributed by atoms with E-state index in [0.717, 1.165) is 0 Å². The average molecular weight is 264 g/mol. The second kappa shape index (κ2) is 6.83. The number of benzene rings is 1. The zero-order chi connectivity index (χ0) is 14.4. The molecule has 0 aliphatic rings. The Morgan fingerprint density at radius 3 is 2.89 bits per heavy atom. The standard InChI is InChI=1S/C13H17FN4O/c1-9(5-6-15)18(2)8-11-7-10(13(19)17-16)3-4-12(11)14/h3-4,7,9H,5,8,16H2,1-2H3,(H,17,19). The molecule has 0 aliphatic carbocycles. The van der Waals surface area contributed by atoms with Gasteiger partial charge in [0.15, 0.2) is 0 Å². The minimum absolute atomic E-state index is 0.0105. The van der Waals surface area contributed by atoms with Gasteiger partial charge < -0.3 is 0 Å². The molecule has 0 saturated carbocycles. The van der Waals surface area contributed by atoms with Gasteiger partial charge in [-0.2, -0.15) is 5.26 Å². The zero-order valence-electron chi connectivity index (χ0n) is 11.0. The Morgan fingerprint density at radius 2 is 2.32 bits per heavy atom. The van der Waals surface area contributed by atoms with Gasteiger partial charge in [-0.15, -0.1) is 0 Å². The molecule has 0 fully saturated rings. The van der Waals surface area contributed by atoms with Crippen molar-refractivity contribution in [2.45, 2.75) is 25.9 Å². The maximum absolute atomic E-state index is 13.7. The summed E-state index contributed by atoms with van der Waals surface area (Å²) in [6.07, 6.45) is 0.362. The van der Waals surface area contributed by atoms with Gasteiger partial charge in [0.1, 0.15) is 5.82 Å². The lowest BCUT2D eigenvalue weighted by molar-refractivity contribution is 0.0953. The predicted molar refractivity (Wildman–Crippen MR) is 69.2 cm³/mol. The van der Waals surface area contributed by atoms with Gasteiger partial charge in [-0.25, -0.2) is 10.2 Å². The number of nitrogens with zero attached hydrogens (tertiary/aromatic N) is 2. The number of hydrogen-bond acceptors (Lipinski definition) is 4. The monoisotopic (exact) mass is 264 g/mol. The van der Waals surface area contributed by atoms with Crippen LogP contribution in [0.1, 0.15) is 29.3 Å². The van der Waals surface area contributed by atoms with E-state index in [0.29, 0.717) is 24.1 Å². The SMILES string of the molecule is CC(CC#N)N(C)Cc1cc(C(=O)NN)ccc1F. The van der Waals surface area contributed by atoms with E-state index in [-0.39, 0.29) is 11.9 Å². The molecule has 1 aromatic carbocycles. The molecule has 1 rings (SSSR count). The lowest BCUT2D eigenvalue weighted by Crippen LogP contribution is -2.31. The topological polar surface area (TPSA) is 82.2 Å². The predicted octanol–water partition coefficient (Wildman–Crippen LogP) is 1.16. The number of nitriles is 1. The maximum Gasteiger partial charge on any atom is 0.265 e. The molecule has 5 nitrogen and oxygen atoms in total. The van der Waals surface area contributed by atoms with Crippen LogP contribution in [0.3, 0.4) is 0 Å². The fourth-order valence-electron chi connectivity index (χ4n) is 1.63. The Hall–Kier alpha value is -1.97. The van der Waals surface area contributed by atoms with Crippen LogP contribution in [0.5, 0.6) is 0 Å². The first kappa shape index (κ1) is 15.1. The number of rotatable bonds is 5. The molecule has 1 amide bonds. The first-order valence-corrected chi connectivity index (χ1v) is 5.86. The van der Waals surface area contributed by atoms with Gasteiger partial charge >= 0.3 is 0 Å². The van der Waals surface area contributed by atoms with Crippen molar-refractivity contribution in [3.8, 4) is 6.07 Å². The van der Waals surface area contributed by atoms with Crippen LogP contribution in [-0.4, -0.2) is 23.9 Å². The average Bonchev–Trinajstić information content (AvgIpc) is 2.40. The Balaban J connectivity index is 2.88. The van der Waals surface area contributed by atoms with Crippen molar-refractivity contribution >= 4 is 5.91 Å². The quantitative estimate of drug-likeness (QED) is 0.475. The highest BCUT2D eigenvalue weighted by Gasteiger charge is 2.14. The number of hydrogen-bond donors (Lipinski definition) is 2. The van der Waals surface area contributed by atoms with E-state index in [4.69, 9.17) is 11.1 Å². The molecular weight excluding hydrogens is 247 g/mol. The van der Waals surface area contributed by atoms with Crippen molar-refractivity contribution in [3.05, 3.63) is 35.1 Å². The summed E-state index contributed by atoms with van der Waals surface area (Å²) >= 11 is 0. The Bertz CT molecular complexity index is 498. The van der Waals surface area contributed by atoms with Crippen LogP contribution in [0.15, 0.2) is 18.2 Å². The van der Waals surface area contributed by atoms with Crippen molar-refractivity contribution in [2.75, 3.05) is 7.05 Å². The van der Waals surface area contributed by atoms with Crippen molar-refractivity contribution in [2.24, 2.45) is 5.84 Å². The van der Waals surface area contributed by atoms with Crippen LogP contribution in [-0.2, 0) is 6.54 Å². The third-order valence-corrected chi connectivity index (χ3v) is 3.00. The fraction of sp³-hybridized carbons (Fsp3) is 0.385. The van der Waals surface area contributed by atoms with Gasteiger partial charge in [0.05, 0.1) is 12.5 Å². The molecule has 1 unspecified atom stereocenters. The van der Waals surface area contributed by atoms with Crippen molar-refractivity contribution in [1.82, 2.24) is 10.3 Å². The second-order valence-corrected chi connectivity index (χ2v) is 4.41. The fourth-order valence-corrected chi connectivity index (χ4v) is 1.63. The van der Waals surface area contributed by atoms with Gasteiger partial charge in [-0.1, -0.05) is 0 Å². The molecule has 0 heterocycles. The van der Waals surface area contributed by atoms with Crippen LogP contribution in [0.25, 0.3) is 0 Å². The third-order valence-electron chi connectivity index (χ3n) is 3.00. The third kappa shape index (κ3) is 4.02. The molecule has 0 spiro atoms. The Labute approximate surface area is 111 Å². The molecule has 102 valence electrons. The molecule has 0 bridgehead atoms. The lowest BCUT2D eigenvalue weighted by atomic mass is 10.1. The van der Waals surface area contributed by atoms with Gasteiger partial charge in [-0.05, 0) is 32.2 Å². The van der Waals surface area contributed by atoms with Crippen LogP contribution in [0.2, 0.25) is 0 Å². The number of hydrazine groups is 1. The molecular formula is C13H17FN4O. The molecule has 1 atom stereocenters. The largest absolute Gasteiger partial charge is 0.298 e. The van der Waals surface area contributed by atoms with Crippen molar-refractivity contribution < 1.29 is 9.18 Å². The van der Waals surface area contributed by atoms with Gasteiger partial charge in [-0.3, -0.25) is 15.1 Å². The molecule has 1 aromatic rings. The molecule has 6 heteroatoms. The van der Waals surface area contributed by atoms with E-state index in [2.05, 4.69) is 6.07 Å². The summed E-state index contributed by atoms with van der Waals surface area (Å²) in [6.45, 7) is 2.21. The zero-order valence-corrected chi connectivity index (χ0v) is 11.0. The highest BCUT2D eigenvalue weighted by Crippen LogP contribution is 2.14. The first-order valence-electron chi connectivity index (χ1n) is 5.86. The minimum atomic E-state index is -0.464. The number of carbonyl (C=O) groups excluding carboxylic acids is 1. The summed E-state index contributed by atoms with van der Waals surface area (Å²) < 4.78 is 13.7. The number of halogens is 1. The van der Waals surface area contributed by atoms with E-state index in [1.165, 1.54) is 18.2 Å². The van der Waals surface area contributed by atoms with Crippen LogP contribution in [0, 0.1) is 17.1 Å². The number of amides is 1. The molecule has 0 aromatic heterocycles. The Morgan fingerprint density at radius 1 is 1.63 bits per heavy atom. The Kier molecular flexibility index (Phi) is 5.42. The molecule has 3 N–H and O–H groups in total. The highest BCUT2D eigenvalue weighted by molar-refractivity contribution is 5.93. The van der Waals surface area contributed by atoms with E-state index in [1.54, 1.807) is 7.05 Å². The van der Waals surface area contributed by atoms with Gasteiger partial charge in [0, 0.05) is 23.7 Å². The maximum atomic E-state index is 13.7. The van der Waals surface area contributed by atoms with Gasteiger partial charge in [0.25, 0.3) is 5.91 Å². The summed E-state index contributed by atoms with van der Waals surface area (Å²) in [5.74, 6) is 4.19. The number of nitrogens with one attached hydrogen (secondary N) is 1. The normalized spacial score (nSPS) is 12.0. The van der Waals surface area contributed by atoms with Crippen LogP contribution < -0.4 is 11.3 Å². The summed E-state index contributed by atoms with van der Waals surface area (Å²) in [6, 6.07) is 6.16. The molecule has 0 aliphatic heterocycles. The summed E-state index contributed by atoms with van der Waals surface area (Å²) in [5.41, 5.74) is 2.71. The van der Waals surface area contributed by atoms with Crippen molar-refractivity contribution in [3.63, 3.8) is 0 Å². The van der Waals surface area contributed by atoms with Gasteiger partial charge in [0.2, 0.25) is 0 Å². The van der Waals surface area contributed by atoms with E-state index in [1.807, 2.05) is 17.2 Å². The van der Waals surface area contributed by atoms with E-state index < -0.39 is 5.91 Å². The summed E-state index contributed by atoms with van der Waals surface area (Å²) in [5, 5.41) is 8.64. The second-order valence-electron chi connectivity index (χ2n) is 4.41. The smallest absolute Gasteiger partial charge is 0.265 e. The molecule has 19 heavy (non-hydrogen) atoms. The van der Waals surface area contributed by atoms with E-state index in [9.17, 15) is 9.18 Å². The summed E-state index contributed by atoms with van der Waals surface area (Å²) in [4.78, 5) is 13.2. The number of nitrogens with two attached hydrogens (primary N) is 1. The van der Waals surface area contributed by atoms with Crippen LogP contribution >= 0.6 is 0 Å². The minimum Gasteiger partial charge on any atom is -0.298 e. The lowest BCUT2D eigenvalue weighted by Gasteiger charge is -2.23. The van der Waals surface area contributed by atoms with Crippen LogP contribution in [0.4, 0.5) is 4.39 Å². The first-order chi connectivity index (χ1) is 8.99.